The lowest BCUT2D eigenvalue weighted by Gasteiger charge is -2.34. The summed E-state index contributed by atoms with van der Waals surface area (Å²) in [6.45, 7) is 22.3. The number of thiazole rings is 1. The van der Waals surface area contributed by atoms with Crippen molar-refractivity contribution in [3.8, 4) is 0 Å². The van der Waals surface area contributed by atoms with Gasteiger partial charge in [-0.1, -0.05) is 91.5 Å². The van der Waals surface area contributed by atoms with Gasteiger partial charge in [0.1, 0.15) is 22.9 Å². The van der Waals surface area contributed by atoms with E-state index in [2.05, 4.69) is 16.9 Å². The van der Waals surface area contributed by atoms with Gasteiger partial charge in [0.15, 0.2) is 6.10 Å². The largest absolute Gasteiger partial charge is 0.461 e. The second kappa shape index (κ2) is 20.6. The number of esters is 2. The molecule has 0 aliphatic carbocycles. The maximum Gasteiger partial charge on any atom is 0.410 e. The van der Waals surface area contributed by atoms with E-state index in [1.54, 1.807) is 54.0 Å². The van der Waals surface area contributed by atoms with Crippen LogP contribution in [-0.4, -0.2) is 65.2 Å². The highest BCUT2D eigenvalue weighted by Crippen LogP contribution is 2.31. The number of amides is 2. The van der Waals surface area contributed by atoms with E-state index in [1.807, 2.05) is 58.0 Å². The van der Waals surface area contributed by atoms with Crippen LogP contribution in [0.2, 0.25) is 0 Å². The first-order valence-corrected chi connectivity index (χ1v) is 17.6. The van der Waals surface area contributed by atoms with Crippen molar-refractivity contribution in [2.75, 3.05) is 13.7 Å². The van der Waals surface area contributed by atoms with E-state index in [4.69, 9.17) is 14.2 Å². The summed E-state index contributed by atoms with van der Waals surface area (Å²) in [5.74, 6) is -2.03. The molecule has 0 saturated carbocycles. The van der Waals surface area contributed by atoms with Crippen LogP contribution in [0.25, 0.3) is 0 Å². The van der Waals surface area contributed by atoms with Gasteiger partial charge < -0.3 is 24.4 Å². The van der Waals surface area contributed by atoms with Crippen molar-refractivity contribution < 1.29 is 33.4 Å². The molecule has 10 nitrogen and oxygen atoms in total. The van der Waals surface area contributed by atoms with Gasteiger partial charge >= 0.3 is 18.0 Å². The minimum absolute atomic E-state index is 0.000550. The van der Waals surface area contributed by atoms with Crippen LogP contribution in [0.4, 0.5) is 4.79 Å². The summed E-state index contributed by atoms with van der Waals surface area (Å²) in [5, 5.41) is 5.13. The fraction of sp³-hybridized carbons (Fsp3) is 0.595. The summed E-state index contributed by atoms with van der Waals surface area (Å²) in [7, 11) is 1.67. The third-order valence-electron chi connectivity index (χ3n) is 7.21. The number of nitrogens with zero attached hydrogens (tertiary/aromatic N) is 2. The van der Waals surface area contributed by atoms with Crippen molar-refractivity contribution in [3.05, 3.63) is 64.6 Å². The molecule has 2 rings (SSSR count). The summed E-state index contributed by atoms with van der Waals surface area (Å²) < 4.78 is 16.7. The first-order chi connectivity index (χ1) is 22.5. The molecule has 4 atom stereocenters. The van der Waals surface area contributed by atoms with Crippen molar-refractivity contribution in [1.82, 2.24) is 15.2 Å². The van der Waals surface area contributed by atoms with Gasteiger partial charge in [-0.05, 0) is 45.1 Å². The van der Waals surface area contributed by atoms with Crippen LogP contribution in [0.1, 0.15) is 109 Å². The van der Waals surface area contributed by atoms with Crippen LogP contribution in [0.15, 0.2) is 48.4 Å². The Bertz CT molecular complexity index is 1300. The summed E-state index contributed by atoms with van der Waals surface area (Å²) in [6.07, 6.45) is 1.37. The SMILES string of the molecule is C=CCOC(=O)C(C)CC(Cc1ccccc1)NC(=O)c1csc(C(CC(C(C)C)N(C)C(=O)OC(C)(C)C)OC(=O)C(C)C)n1.CC. The smallest absolute Gasteiger partial charge is 0.410 e. The molecule has 1 aromatic carbocycles. The van der Waals surface area contributed by atoms with Crippen LogP contribution >= 0.6 is 11.3 Å². The Labute approximate surface area is 291 Å². The number of benzene rings is 1. The van der Waals surface area contributed by atoms with Crippen LogP contribution < -0.4 is 5.32 Å². The molecule has 0 saturated heterocycles. The van der Waals surface area contributed by atoms with Crippen LogP contribution in [0, 0.1) is 17.8 Å². The number of nitrogens with one attached hydrogen (secondary N) is 1. The van der Waals surface area contributed by atoms with Crippen molar-refractivity contribution in [3.63, 3.8) is 0 Å². The summed E-state index contributed by atoms with van der Waals surface area (Å²) in [5.41, 5.74) is 0.510. The molecular weight excluding hydrogens is 630 g/mol. The fourth-order valence-corrected chi connectivity index (χ4v) is 5.58. The minimum Gasteiger partial charge on any atom is -0.461 e. The Balaban J connectivity index is 0.00000565. The number of carbonyl (C=O) groups excluding carboxylic acids is 4. The first-order valence-electron chi connectivity index (χ1n) is 16.8. The molecule has 0 fully saturated rings. The van der Waals surface area contributed by atoms with E-state index in [9.17, 15) is 19.2 Å². The zero-order valence-electron chi connectivity index (χ0n) is 30.7. The molecule has 0 aliphatic rings. The number of carbonyl (C=O) groups is 4. The van der Waals surface area contributed by atoms with E-state index in [-0.39, 0.29) is 48.6 Å². The normalized spacial score (nSPS) is 13.7. The summed E-state index contributed by atoms with van der Waals surface area (Å²) in [6, 6.07) is 8.97. The number of hydrogen-bond acceptors (Lipinski definition) is 9. The molecule has 1 N–H and O–H groups in total. The van der Waals surface area contributed by atoms with E-state index in [0.717, 1.165) is 5.56 Å². The Morgan fingerprint density at radius 2 is 1.62 bits per heavy atom. The van der Waals surface area contributed by atoms with E-state index in [0.29, 0.717) is 17.8 Å². The standard InChI is InChI=1S/C35H51N3O7S.C2H6/c1-11-17-43-33(41)24(6)18-26(19-25-15-13-12-14-16-25)36-30(39)27-21-46-31(37-27)29(44-32(40)23(4)5)20-28(22(2)3)38(10)34(42)45-35(7,8)9;1-2/h11-16,21-24,26,28-29H,1,17-20H2,2-10H3,(H,36,39);1-2H3. The molecule has 0 bridgehead atoms. The van der Waals surface area contributed by atoms with Crippen molar-refractivity contribution in [2.45, 2.75) is 112 Å². The van der Waals surface area contributed by atoms with Gasteiger partial charge in [0, 0.05) is 30.9 Å². The van der Waals surface area contributed by atoms with E-state index >= 15 is 0 Å². The van der Waals surface area contributed by atoms with Gasteiger partial charge in [0.2, 0.25) is 0 Å². The number of ether oxygens (including phenoxy) is 3. The molecule has 2 aromatic rings. The van der Waals surface area contributed by atoms with Gasteiger partial charge in [-0.2, -0.15) is 0 Å². The van der Waals surface area contributed by atoms with Crippen LogP contribution in [0.5, 0.6) is 0 Å². The van der Waals surface area contributed by atoms with Gasteiger partial charge in [-0.25, -0.2) is 9.78 Å². The Morgan fingerprint density at radius 1 is 1.00 bits per heavy atom. The average Bonchev–Trinajstić information content (AvgIpc) is 3.52. The van der Waals surface area contributed by atoms with Gasteiger partial charge in [-0.3, -0.25) is 14.4 Å². The Morgan fingerprint density at radius 3 is 2.17 bits per heavy atom. The third-order valence-corrected chi connectivity index (χ3v) is 8.14. The van der Waals surface area contributed by atoms with Gasteiger partial charge in [0.25, 0.3) is 5.91 Å². The van der Waals surface area contributed by atoms with Crippen LogP contribution in [0.3, 0.4) is 0 Å². The fourth-order valence-electron chi connectivity index (χ4n) is 4.74. The number of rotatable bonds is 16. The lowest BCUT2D eigenvalue weighted by atomic mass is 9.96. The highest BCUT2D eigenvalue weighted by Gasteiger charge is 2.33. The maximum absolute atomic E-state index is 13.5. The van der Waals surface area contributed by atoms with Gasteiger partial charge in [0.05, 0.1) is 11.8 Å². The van der Waals surface area contributed by atoms with Gasteiger partial charge in [-0.15, -0.1) is 11.3 Å². The molecule has 11 heteroatoms. The predicted octanol–water partition coefficient (Wildman–Crippen LogP) is 7.79. The molecule has 0 aliphatic heterocycles. The lowest BCUT2D eigenvalue weighted by molar-refractivity contribution is -0.154. The van der Waals surface area contributed by atoms with E-state index < -0.39 is 35.6 Å². The third kappa shape index (κ3) is 14.6. The second-order valence-electron chi connectivity index (χ2n) is 13.2. The highest BCUT2D eigenvalue weighted by atomic mass is 32.1. The lowest BCUT2D eigenvalue weighted by Crippen LogP contribution is -2.44. The quantitative estimate of drug-likeness (QED) is 0.108. The maximum atomic E-state index is 13.5. The first kappa shape index (κ1) is 42.3. The Hall–Kier alpha value is -3.73. The highest BCUT2D eigenvalue weighted by molar-refractivity contribution is 7.09. The Kier molecular flexibility index (Phi) is 18.1. The molecule has 1 heterocycles. The number of aromatic nitrogens is 1. The molecule has 268 valence electrons. The molecule has 0 spiro atoms. The monoisotopic (exact) mass is 687 g/mol. The minimum atomic E-state index is -0.793. The molecule has 0 radical (unpaired) electrons. The van der Waals surface area contributed by atoms with E-state index in [1.165, 1.54) is 22.3 Å². The second-order valence-corrected chi connectivity index (χ2v) is 14.1. The van der Waals surface area contributed by atoms with Crippen LogP contribution in [-0.2, 0) is 30.2 Å². The topological polar surface area (TPSA) is 124 Å². The molecule has 2 amide bonds. The van der Waals surface area contributed by atoms with Crippen molar-refractivity contribution in [2.24, 2.45) is 17.8 Å². The molecule has 48 heavy (non-hydrogen) atoms. The van der Waals surface area contributed by atoms with Crippen molar-refractivity contribution >= 4 is 35.3 Å². The molecular formula is C37H57N3O7S. The summed E-state index contributed by atoms with van der Waals surface area (Å²) in [4.78, 5) is 57.9. The average molecular weight is 688 g/mol. The number of hydrogen-bond donors (Lipinski definition) is 1. The summed E-state index contributed by atoms with van der Waals surface area (Å²) >= 11 is 1.22. The molecule has 4 unspecified atom stereocenters. The molecule has 1 aromatic heterocycles. The van der Waals surface area contributed by atoms with Crippen molar-refractivity contribution in [1.29, 1.82) is 0 Å². The predicted molar refractivity (Wildman–Crippen MR) is 191 cm³/mol. The zero-order chi connectivity index (χ0) is 36.6. The zero-order valence-corrected chi connectivity index (χ0v) is 31.5.